The van der Waals surface area contributed by atoms with E-state index in [9.17, 15) is 17.6 Å². The van der Waals surface area contributed by atoms with Gasteiger partial charge in [0.25, 0.3) is 0 Å². The number of benzene rings is 2. The van der Waals surface area contributed by atoms with Gasteiger partial charge in [-0.3, -0.25) is 9.10 Å². The van der Waals surface area contributed by atoms with Crippen molar-refractivity contribution in [2.75, 3.05) is 24.2 Å². The van der Waals surface area contributed by atoms with Gasteiger partial charge < -0.3 is 14.8 Å². The molecule has 0 saturated carbocycles. The van der Waals surface area contributed by atoms with Crippen LogP contribution in [0.1, 0.15) is 19.4 Å². The average molecular weight is 424 g/mol. The maximum atomic E-state index is 13.1. The number of anilines is 1. The van der Waals surface area contributed by atoms with E-state index >= 15 is 0 Å². The van der Waals surface area contributed by atoms with E-state index in [-0.39, 0.29) is 18.3 Å². The molecule has 9 heteroatoms. The number of halogens is 1. The minimum Gasteiger partial charge on any atom is -0.493 e. The molecule has 2 aromatic carbocycles. The summed E-state index contributed by atoms with van der Waals surface area (Å²) in [5, 5.41) is 2.68. The number of amides is 1. The topological polar surface area (TPSA) is 84.9 Å². The molecule has 0 atom stereocenters. The summed E-state index contributed by atoms with van der Waals surface area (Å²) >= 11 is 0. The van der Waals surface area contributed by atoms with Crippen molar-refractivity contribution in [1.29, 1.82) is 0 Å². The molecule has 0 unspecified atom stereocenters. The fraction of sp³-hybridized carbons (Fsp3) is 0.350. The van der Waals surface area contributed by atoms with Gasteiger partial charge in [0.05, 0.1) is 25.2 Å². The van der Waals surface area contributed by atoms with Crippen molar-refractivity contribution in [3.63, 3.8) is 0 Å². The number of carbonyl (C=O) groups is 1. The predicted molar refractivity (Wildman–Crippen MR) is 109 cm³/mol. The van der Waals surface area contributed by atoms with Crippen molar-refractivity contribution in [1.82, 2.24) is 5.32 Å². The third-order valence-electron chi connectivity index (χ3n) is 3.88. The van der Waals surface area contributed by atoms with Crippen LogP contribution in [0.15, 0.2) is 42.5 Å². The monoisotopic (exact) mass is 424 g/mol. The highest BCUT2D eigenvalue weighted by molar-refractivity contribution is 7.92. The second-order valence-corrected chi connectivity index (χ2v) is 8.58. The van der Waals surface area contributed by atoms with Crippen LogP contribution in [-0.2, 0) is 21.4 Å². The molecule has 1 amide bonds. The molecule has 0 fully saturated rings. The summed E-state index contributed by atoms with van der Waals surface area (Å²) in [6.07, 6.45) is 0.977. The first kappa shape index (κ1) is 22.5. The summed E-state index contributed by atoms with van der Waals surface area (Å²) in [6.45, 7) is 3.57. The molecule has 0 aliphatic rings. The second-order valence-electron chi connectivity index (χ2n) is 6.67. The molecule has 158 valence electrons. The average Bonchev–Trinajstić information content (AvgIpc) is 2.65. The van der Waals surface area contributed by atoms with E-state index in [0.29, 0.717) is 11.5 Å². The van der Waals surface area contributed by atoms with Crippen LogP contribution in [0, 0.1) is 5.82 Å². The molecule has 0 aliphatic carbocycles. The van der Waals surface area contributed by atoms with Crippen LogP contribution in [0.4, 0.5) is 10.1 Å². The van der Waals surface area contributed by atoms with Gasteiger partial charge in [-0.05, 0) is 55.8 Å². The lowest BCUT2D eigenvalue weighted by Crippen LogP contribution is -2.40. The minimum absolute atomic E-state index is 0.0112. The van der Waals surface area contributed by atoms with E-state index in [2.05, 4.69) is 5.32 Å². The number of carbonyl (C=O) groups excluding carboxylic acids is 1. The number of methoxy groups -OCH3 is 1. The SMILES string of the molecule is COc1cc(CNC(=O)CN(c2ccc(F)cc2)S(C)(=O)=O)ccc1OC(C)C. The Morgan fingerprint density at radius 3 is 2.34 bits per heavy atom. The lowest BCUT2D eigenvalue weighted by atomic mass is 10.2. The van der Waals surface area contributed by atoms with Crippen LogP contribution in [0.2, 0.25) is 0 Å². The number of hydrogen-bond acceptors (Lipinski definition) is 5. The molecule has 2 aromatic rings. The number of nitrogens with one attached hydrogen (secondary N) is 1. The fourth-order valence-electron chi connectivity index (χ4n) is 2.57. The zero-order valence-corrected chi connectivity index (χ0v) is 17.6. The zero-order valence-electron chi connectivity index (χ0n) is 16.8. The van der Waals surface area contributed by atoms with Gasteiger partial charge in [0, 0.05) is 6.54 Å². The summed E-state index contributed by atoms with van der Waals surface area (Å²) in [7, 11) is -2.20. The maximum Gasteiger partial charge on any atom is 0.241 e. The van der Waals surface area contributed by atoms with Crippen molar-refractivity contribution in [3.05, 3.63) is 53.8 Å². The lowest BCUT2D eigenvalue weighted by Gasteiger charge is -2.22. The summed E-state index contributed by atoms with van der Waals surface area (Å²) in [5.41, 5.74) is 0.972. The molecular formula is C20H25FN2O5S. The van der Waals surface area contributed by atoms with Crippen molar-refractivity contribution in [2.24, 2.45) is 0 Å². The van der Waals surface area contributed by atoms with Gasteiger partial charge in [0.15, 0.2) is 11.5 Å². The summed E-state index contributed by atoms with van der Waals surface area (Å²) in [4.78, 5) is 12.3. The Bertz CT molecular complexity index is 946. The van der Waals surface area contributed by atoms with Crippen molar-refractivity contribution >= 4 is 21.6 Å². The second kappa shape index (κ2) is 9.60. The molecular weight excluding hydrogens is 399 g/mol. The van der Waals surface area contributed by atoms with Crippen LogP contribution in [0.5, 0.6) is 11.5 Å². The van der Waals surface area contributed by atoms with Crippen LogP contribution in [-0.4, -0.2) is 40.3 Å². The Morgan fingerprint density at radius 2 is 1.79 bits per heavy atom. The van der Waals surface area contributed by atoms with Crippen molar-refractivity contribution in [3.8, 4) is 11.5 Å². The first-order chi connectivity index (χ1) is 13.6. The third-order valence-corrected chi connectivity index (χ3v) is 5.02. The van der Waals surface area contributed by atoms with Crippen molar-refractivity contribution in [2.45, 2.75) is 26.5 Å². The largest absolute Gasteiger partial charge is 0.493 e. The van der Waals surface area contributed by atoms with Crippen LogP contribution >= 0.6 is 0 Å². The van der Waals surface area contributed by atoms with Gasteiger partial charge in [0.1, 0.15) is 12.4 Å². The van der Waals surface area contributed by atoms with Gasteiger partial charge in [-0.1, -0.05) is 6.07 Å². The van der Waals surface area contributed by atoms with Gasteiger partial charge in [0.2, 0.25) is 15.9 Å². The minimum atomic E-state index is -3.72. The molecule has 2 rings (SSSR count). The summed E-state index contributed by atoms with van der Waals surface area (Å²) in [5.74, 6) is 0.137. The highest BCUT2D eigenvalue weighted by atomic mass is 32.2. The highest BCUT2D eigenvalue weighted by Crippen LogP contribution is 2.29. The Hall–Kier alpha value is -2.81. The van der Waals surface area contributed by atoms with E-state index in [4.69, 9.17) is 9.47 Å². The zero-order chi connectivity index (χ0) is 21.6. The molecule has 0 spiro atoms. The molecule has 0 saturated heterocycles. The normalized spacial score (nSPS) is 11.2. The Morgan fingerprint density at radius 1 is 1.14 bits per heavy atom. The number of ether oxygens (including phenoxy) is 2. The standard InChI is InChI=1S/C20H25FN2O5S/c1-14(2)28-18-10-5-15(11-19(18)27-3)12-22-20(24)13-23(29(4,25)26)17-8-6-16(21)7-9-17/h5-11,14H,12-13H2,1-4H3,(H,22,24). The molecule has 0 bridgehead atoms. The van der Waals surface area contributed by atoms with Crippen LogP contribution in [0.25, 0.3) is 0 Å². The lowest BCUT2D eigenvalue weighted by molar-refractivity contribution is -0.119. The maximum absolute atomic E-state index is 13.1. The Balaban J connectivity index is 2.06. The molecule has 0 heterocycles. The summed E-state index contributed by atoms with van der Waals surface area (Å²) in [6, 6.07) is 10.2. The molecule has 0 aliphatic heterocycles. The van der Waals surface area contributed by atoms with E-state index in [1.54, 1.807) is 18.2 Å². The van der Waals surface area contributed by atoms with Gasteiger partial charge in [-0.15, -0.1) is 0 Å². The predicted octanol–water partition coefficient (Wildman–Crippen LogP) is 2.70. The first-order valence-corrected chi connectivity index (χ1v) is 10.8. The molecule has 0 radical (unpaired) electrons. The van der Waals surface area contributed by atoms with E-state index in [1.165, 1.54) is 19.2 Å². The van der Waals surface area contributed by atoms with Crippen LogP contribution in [0.3, 0.4) is 0 Å². The number of rotatable bonds is 9. The van der Waals surface area contributed by atoms with Gasteiger partial charge in [-0.2, -0.15) is 0 Å². The van der Waals surface area contributed by atoms with Gasteiger partial charge >= 0.3 is 0 Å². The molecule has 7 nitrogen and oxygen atoms in total. The highest BCUT2D eigenvalue weighted by Gasteiger charge is 2.21. The van der Waals surface area contributed by atoms with E-state index in [1.807, 2.05) is 13.8 Å². The number of nitrogens with zero attached hydrogens (tertiary/aromatic N) is 1. The quantitative estimate of drug-likeness (QED) is 0.669. The smallest absolute Gasteiger partial charge is 0.241 e. The van der Waals surface area contributed by atoms with Crippen molar-refractivity contribution < 1.29 is 27.1 Å². The van der Waals surface area contributed by atoms with E-state index < -0.39 is 28.3 Å². The van der Waals surface area contributed by atoms with Crippen LogP contribution < -0.4 is 19.1 Å². The fourth-order valence-corrected chi connectivity index (χ4v) is 3.42. The summed E-state index contributed by atoms with van der Waals surface area (Å²) < 4.78 is 49.1. The number of hydrogen-bond donors (Lipinski definition) is 1. The molecule has 1 N–H and O–H groups in total. The van der Waals surface area contributed by atoms with Gasteiger partial charge in [-0.25, -0.2) is 12.8 Å². The third kappa shape index (κ3) is 6.63. The molecule has 29 heavy (non-hydrogen) atoms. The van der Waals surface area contributed by atoms with E-state index in [0.717, 1.165) is 28.3 Å². The number of sulfonamides is 1. The molecule has 0 aromatic heterocycles. The Labute approximate surface area is 170 Å². The first-order valence-electron chi connectivity index (χ1n) is 8.93. The Kier molecular flexibility index (Phi) is 7.44.